The van der Waals surface area contributed by atoms with Gasteiger partial charge in [-0.1, -0.05) is 35.9 Å². The van der Waals surface area contributed by atoms with Crippen molar-refractivity contribution in [2.75, 3.05) is 0 Å². The molecule has 0 spiro atoms. The van der Waals surface area contributed by atoms with Gasteiger partial charge in [-0.15, -0.1) is 0 Å². The number of ether oxygens (including phenoxy) is 2. The van der Waals surface area contributed by atoms with Gasteiger partial charge in [0.05, 0.1) is 25.0 Å². The van der Waals surface area contributed by atoms with E-state index in [-0.39, 0.29) is 5.91 Å². The topological polar surface area (TPSA) is 77.0 Å². The van der Waals surface area contributed by atoms with Gasteiger partial charge in [0.15, 0.2) is 0 Å². The summed E-state index contributed by atoms with van der Waals surface area (Å²) < 4.78 is 10.9. The van der Waals surface area contributed by atoms with Crippen LogP contribution in [0.1, 0.15) is 43.0 Å². The Labute approximate surface area is 174 Å². The van der Waals surface area contributed by atoms with Gasteiger partial charge in [0.25, 0.3) is 5.91 Å². The fourth-order valence-corrected chi connectivity index (χ4v) is 3.15. The lowest BCUT2D eigenvalue weighted by molar-refractivity contribution is 0.0734. The number of nitrogens with one attached hydrogen (secondary N) is 1. The molecule has 6 heteroatoms. The highest BCUT2D eigenvalue weighted by Crippen LogP contribution is 2.21. The number of aryl methyl sites for hydroxylation is 1. The number of amides is 1. The van der Waals surface area contributed by atoms with Crippen LogP contribution in [-0.4, -0.2) is 18.1 Å². The molecule has 0 saturated heterocycles. The average molecular weight is 400 g/mol. The second-order valence-electron chi connectivity index (χ2n) is 6.97. The molecule has 0 unspecified atom stereocenters. The van der Waals surface area contributed by atoms with Crippen molar-refractivity contribution in [3.8, 4) is 5.75 Å². The summed E-state index contributed by atoms with van der Waals surface area (Å²) >= 11 is 0. The minimum absolute atomic E-state index is 0.324. The van der Waals surface area contributed by atoms with Crippen molar-refractivity contribution in [1.29, 1.82) is 0 Å². The highest BCUT2D eigenvalue weighted by atomic mass is 16.5. The van der Waals surface area contributed by atoms with Gasteiger partial charge in [-0.05, 0) is 54.4 Å². The van der Waals surface area contributed by atoms with Crippen LogP contribution in [0.2, 0.25) is 0 Å². The monoisotopic (exact) mass is 400 g/mol. The van der Waals surface area contributed by atoms with Gasteiger partial charge in [0.1, 0.15) is 5.75 Å². The largest absolute Gasteiger partial charge is 0.422 e. The van der Waals surface area contributed by atoms with E-state index >= 15 is 0 Å². The molecule has 1 heterocycles. The smallest absolute Gasteiger partial charge is 0.343 e. The number of hydrazone groups is 1. The highest BCUT2D eigenvalue weighted by molar-refractivity contribution is 5.96. The van der Waals surface area contributed by atoms with E-state index in [1.54, 1.807) is 48.5 Å². The van der Waals surface area contributed by atoms with Crippen LogP contribution in [-0.2, 0) is 18.0 Å². The maximum Gasteiger partial charge on any atom is 0.343 e. The van der Waals surface area contributed by atoms with E-state index in [2.05, 4.69) is 10.5 Å². The average Bonchev–Trinajstić information content (AvgIpc) is 3.22. The predicted octanol–water partition coefficient (Wildman–Crippen LogP) is 4.01. The van der Waals surface area contributed by atoms with Crippen molar-refractivity contribution in [1.82, 2.24) is 5.43 Å². The van der Waals surface area contributed by atoms with E-state index < -0.39 is 5.97 Å². The van der Waals surface area contributed by atoms with Crippen LogP contribution in [0.25, 0.3) is 0 Å². The standard InChI is InChI=1S/C24H20N2O4/c1-16-5-4-7-18(11-16)24(28)30-22-8-3-2-6-19(22)13-25-26-23(27)17-9-10-20-14-29-15-21(20)12-17/h2-13H,14-15H2,1H3,(H,26,27). The number of hydrogen-bond donors (Lipinski definition) is 1. The zero-order valence-corrected chi connectivity index (χ0v) is 16.4. The Morgan fingerprint density at radius 3 is 2.67 bits per heavy atom. The van der Waals surface area contributed by atoms with E-state index in [1.807, 2.05) is 25.1 Å². The fraction of sp³-hybridized carbons (Fsp3) is 0.125. The van der Waals surface area contributed by atoms with Crippen molar-refractivity contribution in [3.63, 3.8) is 0 Å². The predicted molar refractivity (Wildman–Crippen MR) is 113 cm³/mol. The summed E-state index contributed by atoms with van der Waals surface area (Å²) in [7, 11) is 0. The lowest BCUT2D eigenvalue weighted by Crippen LogP contribution is -2.18. The van der Waals surface area contributed by atoms with Crippen molar-refractivity contribution in [2.45, 2.75) is 20.1 Å². The van der Waals surface area contributed by atoms with Crippen molar-refractivity contribution < 1.29 is 19.1 Å². The number of esters is 1. The maximum absolute atomic E-state index is 12.4. The van der Waals surface area contributed by atoms with E-state index in [1.165, 1.54) is 6.21 Å². The Morgan fingerprint density at radius 1 is 0.967 bits per heavy atom. The molecule has 30 heavy (non-hydrogen) atoms. The van der Waals surface area contributed by atoms with Gasteiger partial charge in [-0.2, -0.15) is 5.10 Å². The molecule has 150 valence electrons. The summed E-state index contributed by atoms with van der Waals surface area (Å²) in [6, 6.07) is 19.6. The number of nitrogens with zero attached hydrogens (tertiary/aromatic N) is 1. The van der Waals surface area contributed by atoms with Crippen molar-refractivity contribution in [3.05, 3.63) is 100 Å². The Morgan fingerprint density at radius 2 is 1.80 bits per heavy atom. The Kier molecular flexibility index (Phi) is 5.68. The summed E-state index contributed by atoms with van der Waals surface area (Å²) in [6.07, 6.45) is 1.45. The van der Waals surface area contributed by atoms with Crippen LogP contribution in [0.3, 0.4) is 0 Å². The third-order valence-corrected chi connectivity index (χ3v) is 4.73. The third kappa shape index (κ3) is 4.45. The van der Waals surface area contributed by atoms with E-state index in [0.29, 0.717) is 35.7 Å². The van der Waals surface area contributed by atoms with Gasteiger partial charge < -0.3 is 9.47 Å². The van der Waals surface area contributed by atoms with Gasteiger partial charge >= 0.3 is 5.97 Å². The van der Waals surface area contributed by atoms with Gasteiger partial charge in [-0.25, -0.2) is 10.2 Å². The van der Waals surface area contributed by atoms with E-state index in [4.69, 9.17) is 9.47 Å². The lowest BCUT2D eigenvalue weighted by atomic mass is 10.1. The molecular formula is C24H20N2O4. The molecule has 1 aliphatic rings. The van der Waals surface area contributed by atoms with Crippen molar-refractivity contribution in [2.24, 2.45) is 5.10 Å². The number of para-hydroxylation sites is 1. The second-order valence-corrected chi connectivity index (χ2v) is 6.97. The van der Waals surface area contributed by atoms with Gasteiger partial charge in [-0.3, -0.25) is 4.79 Å². The zero-order valence-electron chi connectivity index (χ0n) is 16.4. The molecule has 0 saturated carbocycles. The van der Waals surface area contributed by atoms with Crippen LogP contribution in [0, 0.1) is 6.92 Å². The Hall–Kier alpha value is -3.77. The molecule has 0 bridgehead atoms. The maximum atomic E-state index is 12.4. The lowest BCUT2D eigenvalue weighted by Gasteiger charge is -2.08. The van der Waals surface area contributed by atoms with E-state index in [0.717, 1.165) is 16.7 Å². The van der Waals surface area contributed by atoms with Gasteiger partial charge in [0.2, 0.25) is 0 Å². The molecule has 1 N–H and O–H groups in total. The molecule has 0 aliphatic carbocycles. The molecule has 6 nitrogen and oxygen atoms in total. The fourth-order valence-electron chi connectivity index (χ4n) is 3.15. The molecule has 3 aromatic carbocycles. The minimum Gasteiger partial charge on any atom is -0.422 e. The highest BCUT2D eigenvalue weighted by Gasteiger charge is 2.14. The Balaban J connectivity index is 1.44. The van der Waals surface area contributed by atoms with Crippen LogP contribution in [0.4, 0.5) is 0 Å². The summed E-state index contributed by atoms with van der Waals surface area (Å²) in [6.45, 7) is 3.00. The first kappa shape index (κ1) is 19.5. The van der Waals surface area contributed by atoms with Crippen LogP contribution in [0.15, 0.2) is 71.8 Å². The first-order valence-corrected chi connectivity index (χ1v) is 9.51. The molecule has 0 radical (unpaired) electrons. The summed E-state index contributed by atoms with van der Waals surface area (Å²) in [5.74, 6) is -0.421. The molecule has 3 aromatic rings. The van der Waals surface area contributed by atoms with Crippen LogP contribution >= 0.6 is 0 Å². The second kappa shape index (κ2) is 8.71. The Bertz CT molecular complexity index is 1140. The van der Waals surface area contributed by atoms with Crippen LogP contribution in [0.5, 0.6) is 5.75 Å². The SMILES string of the molecule is Cc1cccc(C(=O)Oc2ccccc2C=NNC(=O)c2ccc3c(c2)COC3)c1. The number of rotatable bonds is 5. The summed E-state index contributed by atoms with van der Waals surface area (Å²) in [5, 5.41) is 4.02. The molecular weight excluding hydrogens is 380 g/mol. The molecule has 0 aromatic heterocycles. The number of hydrogen-bond acceptors (Lipinski definition) is 5. The number of carbonyl (C=O) groups excluding carboxylic acids is 2. The zero-order chi connectivity index (χ0) is 20.9. The number of carbonyl (C=O) groups is 2. The summed E-state index contributed by atoms with van der Waals surface area (Å²) in [4.78, 5) is 24.8. The third-order valence-electron chi connectivity index (χ3n) is 4.73. The molecule has 0 atom stereocenters. The number of benzene rings is 3. The van der Waals surface area contributed by atoms with E-state index in [9.17, 15) is 9.59 Å². The molecule has 0 fully saturated rings. The first-order chi connectivity index (χ1) is 14.6. The number of fused-ring (bicyclic) bond motifs is 1. The quantitative estimate of drug-likeness (QED) is 0.304. The molecule has 4 rings (SSSR count). The first-order valence-electron chi connectivity index (χ1n) is 9.51. The van der Waals surface area contributed by atoms with Crippen LogP contribution < -0.4 is 10.2 Å². The van der Waals surface area contributed by atoms with Crippen molar-refractivity contribution >= 4 is 18.1 Å². The molecule has 1 aliphatic heterocycles. The summed E-state index contributed by atoms with van der Waals surface area (Å²) in [5.41, 5.74) is 7.14. The normalized spacial score (nSPS) is 12.6. The molecule has 1 amide bonds. The minimum atomic E-state index is -0.455. The van der Waals surface area contributed by atoms with Gasteiger partial charge in [0, 0.05) is 11.1 Å².